The molecule has 0 fully saturated rings. The Morgan fingerprint density at radius 1 is 0.769 bits per heavy atom. The van der Waals surface area contributed by atoms with Crippen LogP contribution in [-0.2, 0) is 0 Å². The van der Waals surface area contributed by atoms with Gasteiger partial charge in [-0.3, -0.25) is 0 Å². The molecule has 0 bridgehead atoms. The van der Waals surface area contributed by atoms with Gasteiger partial charge in [-0.1, -0.05) is 98.3 Å². The molecule has 0 aromatic heterocycles. The SMILES string of the molecule is C=Cc1ccc(C#C[Si](C)(C)C(C)(C)C)c(C#C[Si](C)(C)C(C)(C)C)c1. The molecule has 26 heavy (non-hydrogen) atoms. The molecular weight excluding hydrogens is 344 g/mol. The zero-order chi connectivity index (χ0) is 20.4. The summed E-state index contributed by atoms with van der Waals surface area (Å²) >= 11 is 0. The van der Waals surface area contributed by atoms with Crippen LogP contribution in [0.1, 0.15) is 58.2 Å². The predicted octanol–water partition coefficient (Wildman–Crippen LogP) is 7.13. The molecule has 140 valence electrons. The first-order valence-electron chi connectivity index (χ1n) is 9.43. The Balaban J connectivity index is 3.46. The lowest BCUT2D eigenvalue weighted by atomic mass is 10.1. The smallest absolute Gasteiger partial charge is 0.126 e. The summed E-state index contributed by atoms with van der Waals surface area (Å²) in [6.07, 6.45) is 1.88. The minimum absolute atomic E-state index is 0.253. The van der Waals surface area contributed by atoms with Gasteiger partial charge in [0.2, 0.25) is 0 Å². The van der Waals surface area contributed by atoms with Crippen molar-refractivity contribution in [2.24, 2.45) is 0 Å². The largest absolute Gasteiger partial charge is 0.138 e. The molecular formula is C24H36Si2. The van der Waals surface area contributed by atoms with Crippen LogP contribution in [0.25, 0.3) is 6.08 Å². The van der Waals surface area contributed by atoms with Crippen molar-refractivity contribution in [3.05, 3.63) is 41.5 Å². The fourth-order valence-corrected chi connectivity index (χ4v) is 3.37. The Hall–Kier alpha value is -1.49. The van der Waals surface area contributed by atoms with E-state index in [0.717, 1.165) is 16.7 Å². The van der Waals surface area contributed by atoms with Gasteiger partial charge in [-0.25, -0.2) is 0 Å². The normalized spacial score (nSPS) is 12.5. The van der Waals surface area contributed by atoms with Crippen LogP contribution in [0.3, 0.4) is 0 Å². The number of rotatable bonds is 1. The monoisotopic (exact) mass is 380 g/mol. The third-order valence-corrected chi connectivity index (χ3v) is 15.0. The first-order chi connectivity index (χ1) is 11.6. The maximum absolute atomic E-state index is 3.90. The lowest BCUT2D eigenvalue weighted by molar-refractivity contribution is 0.730. The summed E-state index contributed by atoms with van der Waals surface area (Å²) in [5.41, 5.74) is 10.4. The molecule has 0 radical (unpaired) electrons. The molecule has 1 aromatic carbocycles. The van der Waals surface area contributed by atoms with Crippen LogP contribution in [0.5, 0.6) is 0 Å². The lowest BCUT2D eigenvalue weighted by Gasteiger charge is -2.31. The van der Waals surface area contributed by atoms with Gasteiger partial charge in [0.15, 0.2) is 0 Å². The van der Waals surface area contributed by atoms with Crippen molar-refractivity contribution in [2.75, 3.05) is 0 Å². The van der Waals surface area contributed by atoms with E-state index in [1.54, 1.807) is 0 Å². The van der Waals surface area contributed by atoms with Crippen LogP contribution in [0.2, 0.25) is 36.3 Å². The van der Waals surface area contributed by atoms with Crippen molar-refractivity contribution < 1.29 is 0 Å². The Bertz CT molecular complexity index is 789. The van der Waals surface area contributed by atoms with Crippen molar-refractivity contribution in [2.45, 2.75) is 77.8 Å². The highest BCUT2D eigenvalue weighted by molar-refractivity contribution is 6.88. The molecule has 0 atom stereocenters. The fourth-order valence-electron chi connectivity index (χ4n) is 1.72. The van der Waals surface area contributed by atoms with Gasteiger partial charge < -0.3 is 0 Å². The molecule has 0 saturated heterocycles. The van der Waals surface area contributed by atoms with Gasteiger partial charge in [0.25, 0.3) is 0 Å². The minimum Gasteiger partial charge on any atom is -0.126 e. The highest BCUT2D eigenvalue weighted by Crippen LogP contribution is 2.36. The van der Waals surface area contributed by atoms with Gasteiger partial charge >= 0.3 is 0 Å². The summed E-state index contributed by atoms with van der Waals surface area (Å²) in [7, 11) is -3.30. The Kier molecular flexibility index (Phi) is 6.62. The van der Waals surface area contributed by atoms with Crippen LogP contribution in [0.4, 0.5) is 0 Å². The summed E-state index contributed by atoms with van der Waals surface area (Å²) < 4.78 is 0. The van der Waals surface area contributed by atoms with E-state index in [9.17, 15) is 0 Å². The summed E-state index contributed by atoms with van der Waals surface area (Å²) in [5.74, 6) is 6.96. The topological polar surface area (TPSA) is 0 Å². The van der Waals surface area contributed by atoms with Gasteiger partial charge in [-0.05, 0) is 27.8 Å². The molecule has 0 heterocycles. The maximum Gasteiger partial charge on any atom is 0.138 e. The van der Waals surface area contributed by atoms with Gasteiger partial charge in [-0.15, -0.1) is 11.1 Å². The van der Waals surface area contributed by atoms with Crippen molar-refractivity contribution in [3.8, 4) is 22.9 Å². The molecule has 1 aromatic rings. The molecule has 2 heteroatoms. The highest BCUT2D eigenvalue weighted by atomic mass is 28.3. The molecule has 1 rings (SSSR count). The molecule has 0 spiro atoms. The van der Waals surface area contributed by atoms with Crippen molar-refractivity contribution in [1.29, 1.82) is 0 Å². The van der Waals surface area contributed by atoms with Gasteiger partial charge in [0.1, 0.15) is 16.1 Å². The van der Waals surface area contributed by atoms with E-state index >= 15 is 0 Å². The van der Waals surface area contributed by atoms with Gasteiger partial charge in [-0.2, -0.15) is 0 Å². The molecule has 0 N–H and O–H groups in total. The van der Waals surface area contributed by atoms with Crippen molar-refractivity contribution >= 4 is 22.2 Å². The number of hydrogen-bond donors (Lipinski definition) is 0. The van der Waals surface area contributed by atoms with E-state index in [0.29, 0.717) is 0 Å². The molecule has 0 aliphatic rings. The summed E-state index contributed by atoms with van der Waals surface area (Å²) in [6, 6.07) is 6.32. The standard InChI is InChI=1S/C24H36Si2/c1-12-20-13-14-21(15-17-25(8,9)23(2,3)4)22(19-20)16-18-26(10,11)24(5,6)7/h12-14,19H,1H2,2-11H3. The molecule has 0 nitrogen and oxygen atoms in total. The minimum atomic E-state index is -1.65. The van der Waals surface area contributed by atoms with E-state index in [2.05, 4.69) is 115 Å². The number of hydrogen-bond acceptors (Lipinski definition) is 0. The first kappa shape index (κ1) is 22.6. The lowest BCUT2D eigenvalue weighted by Crippen LogP contribution is -2.35. The Morgan fingerprint density at radius 3 is 1.58 bits per heavy atom. The molecule has 0 aliphatic carbocycles. The van der Waals surface area contributed by atoms with E-state index in [4.69, 9.17) is 0 Å². The van der Waals surface area contributed by atoms with Crippen molar-refractivity contribution in [3.63, 3.8) is 0 Å². The van der Waals surface area contributed by atoms with E-state index in [-0.39, 0.29) is 10.1 Å². The van der Waals surface area contributed by atoms with E-state index < -0.39 is 16.1 Å². The Morgan fingerprint density at radius 2 is 1.19 bits per heavy atom. The number of benzene rings is 1. The van der Waals surface area contributed by atoms with Gasteiger partial charge in [0, 0.05) is 11.1 Å². The zero-order valence-electron chi connectivity index (χ0n) is 18.5. The zero-order valence-corrected chi connectivity index (χ0v) is 20.5. The molecule has 0 unspecified atom stereocenters. The molecule has 0 aliphatic heterocycles. The molecule has 0 amide bonds. The third-order valence-electron chi connectivity index (χ3n) is 6.05. The second kappa shape index (κ2) is 7.63. The second-order valence-electron chi connectivity index (χ2n) is 10.3. The third kappa shape index (κ3) is 5.50. The summed E-state index contributed by atoms with van der Waals surface area (Å²) in [6.45, 7) is 27.1. The van der Waals surface area contributed by atoms with Crippen LogP contribution in [-0.4, -0.2) is 16.1 Å². The summed E-state index contributed by atoms with van der Waals surface area (Å²) in [5, 5.41) is 0.511. The van der Waals surface area contributed by atoms with Crippen LogP contribution in [0, 0.1) is 22.9 Å². The fraction of sp³-hybridized carbons (Fsp3) is 0.500. The van der Waals surface area contributed by atoms with Crippen LogP contribution < -0.4 is 0 Å². The maximum atomic E-state index is 3.90. The highest BCUT2D eigenvalue weighted by Gasteiger charge is 2.34. The predicted molar refractivity (Wildman–Crippen MR) is 125 cm³/mol. The first-order valence-corrected chi connectivity index (χ1v) is 15.4. The van der Waals surface area contributed by atoms with Crippen LogP contribution >= 0.6 is 0 Å². The average molecular weight is 381 g/mol. The summed E-state index contributed by atoms with van der Waals surface area (Å²) in [4.78, 5) is 0. The average Bonchev–Trinajstić information content (AvgIpc) is 2.49. The second-order valence-corrected chi connectivity index (χ2v) is 20.3. The van der Waals surface area contributed by atoms with Crippen molar-refractivity contribution in [1.82, 2.24) is 0 Å². The Labute approximate surface area is 164 Å². The quantitative estimate of drug-likeness (QED) is 0.359. The van der Waals surface area contributed by atoms with Gasteiger partial charge in [0.05, 0.1) is 0 Å². The van der Waals surface area contributed by atoms with Crippen LogP contribution in [0.15, 0.2) is 24.8 Å². The van der Waals surface area contributed by atoms with E-state index in [1.165, 1.54) is 0 Å². The molecule has 0 saturated carbocycles. The van der Waals surface area contributed by atoms with E-state index in [1.807, 2.05) is 6.08 Å².